The van der Waals surface area contributed by atoms with E-state index in [2.05, 4.69) is 0 Å². The number of hydrogen-bond donors (Lipinski definition) is 1. The number of hydrogen-bond acceptors (Lipinski definition) is 2. The maximum Gasteiger partial charge on any atom is 0.407 e. The summed E-state index contributed by atoms with van der Waals surface area (Å²) in [6, 6.07) is 5.23. The Kier molecular flexibility index (Phi) is 2.82. The zero-order valence-corrected chi connectivity index (χ0v) is 10.9. The Morgan fingerprint density at radius 1 is 1.58 bits per heavy atom. The third-order valence-electron chi connectivity index (χ3n) is 3.85. The highest BCUT2D eigenvalue weighted by atomic mass is 35.5. The number of piperidine rings is 1. The molecule has 1 fully saturated rings. The van der Waals surface area contributed by atoms with E-state index in [1.54, 1.807) is 18.2 Å². The van der Waals surface area contributed by atoms with Gasteiger partial charge in [0.25, 0.3) is 0 Å². The molecule has 1 spiro atoms. The summed E-state index contributed by atoms with van der Waals surface area (Å²) in [5.41, 5.74) is -0.0437. The van der Waals surface area contributed by atoms with Crippen LogP contribution in [0.25, 0.3) is 0 Å². The van der Waals surface area contributed by atoms with Crippen molar-refractivity contribution in [3.8, 4) is 5.75 Å². The van der Waals surface area contributed by atoms with E-state index in [1.165, 1.54) is 0 Å². The number of alkyl halides is 1. The van der Waals surface area contributed by atoms with Crippen LogP contribution in [-0.4, -0.2) is 41.0 Å². The van der Waals surface area contributed by atoms with E-state index in [1.807, 2.05) is 0 Å². The van der Waals surface area contributed by atoms with Gasteiger partial charge in [-0.25, -0.2) is 9.18 Å². The molecule has 2 heterocycles. The number of carbonyl (C=O) groups is 1. The van der Waals surface area contributed by atoms with Crippen LogP contribution in [0.15, 0.2) is 18.2 Å². The molecule has 1 saturated heterocycles. The predicted octanol–water partition coefficient (Wildman–Crippen LogP) is 2.74. The molecule has 1 N–H and O–H groups in total. The first kappa shape index (κ1) is 12.5. The third kappa shape index (κ3) is 2.02. The monoisotopic (exact) mass is 285 g/mol. The molecule has 2 unspecified atom stereocenters. The quantitative estimate of drug-likeness (QED) is 0.797. The minimum absolute atomic E-state index is 0.142. The van der Waals surface area contributed by atoms with Gasteiger partial charge in [-0.15, -0.1) is 0 Å². The van der Waals surface area contributed by atoms with Crippen molar-refractivity contribution in [1.29, 1.82) is 0 Å². The predicted molar refractivity (Wildman–Crippen MR) is 67.6 cm³/mol. The molecule has 2 aliphatic heterocycles. The van der Waals surface area contributed by atoms with Gasteiger partial charge in [0.05, 0.1) is 6.54 Å². The lowest BCUT2D eigenvalue weighted by Crippen LogP contribution is -2.57. The topological polar surface area (TPSA) is 49.8 Å². The summed E-state index contributed by atoms with van der Waals surface area (Å²) in [5, 5.41) is 9.49. The van der Waals surface area contributed by atoms with E-state index >= 15 is 0 Å². The Bertz CT molecular complexity index is 539. The highest BCUT2D eigenvalue weighted by Crippen LogP contribution is 2.43. The molecule has 102 valence electrons. The van der Waals surface area contributed by atoms with Crippen LogP contribution in [-0.2, 0) is 6.42 Å². The molecular weight excluding hydrogens is 273 g/mol. The van der Waals surface area contributed by atoms with Gasteiger partial charge >= 0.3 is 6.09 Å². The Morgan fingerprint density at radius 2 is 2.37 bits per heavy atom. The maximum atomic E-state index is 14.4. The fourth-order valence-electron chi connectivity index (χ4n) is 2.78. The van der Waals surface area contributed by atoms with Gasteiger partial charge in [0.2, 0.25) is 0 Å². The third-order valence-corrected chi connectivity index (χ3v) is 4.09. The highest BCUT2D eigenvalue weighted by molar-refractivity contribution is 6.30. The van der Waals surface area contributed by atoms with Crippen LogP contribution in [0, 0.1) is 0 Å². The van der Waals surface area contributed by atoms with Crippen molar-refractivity contribution in [1.82, 2.24) is 4.90 Å². The maximum absolute atomic E-state index is 14.4. The van der Waals surface area contributed by atoms with Gasteiger partial charge in [0.1, 0.15) is 11.4 Å². The minimum Gasteiger partial charge on any atom is -0.483 e. The number of likely N-dealkylation sites (tertiary alicyclic amines) is 1. The number of ether oxygens (including phenoxy) is 1. The molecule has 2 atom stereocenters. The van der Waals surface area contributed by atoms with Crippen LogP contribution in [0.4, 0.5) is 9.18 Å². The first-order chi connectivity index (χ1) is 9.00. The minimum atomic E-state index is -1.33. The molecule has 0 saturated carbocycles. The Hall–Kier alpha value is -1.49. The van der Waals surface area contributed by atoms with E-state index in [-0.39, 0.29) is 13.1 Å². The molecule has 1 amide bonds. The van der Waals surface area contributed by atoms with Crippen LogP contribution < -0.4 is 4.74 Å². The Morgan fingerprint density at radius 3 is 3.05 bits per heavy atom. The molecule has 0 radical (unpaired) electrons. The van der Waals surface area contributed by atoms with Gasteiger partial charge in [0, 0.05) is 24.4 Å². The summed E-state index contributed by atoms with van der Waals surface area (Å²) >= 11 is 5.92. The van der Waals surface area contributed by atoms with Crippen LogP contribution in [0.3, 0.4) is 0 Å². The Balaban J connectivity index is 1.83. The zero-order valence-electron chi connectivity index (χ0n) is 10.1. The van der Waals surface area contributed by atoms with Gasteiger partial charge in [0.15, 0.2) is 6.17 Å². The average Bonchev–Trinajstić information content (AvgIpc) is 2.71. The molecule has 0 aromatic heterocycles. The average molecular weight is 286 g/mol. The van der Waals surface area contributed by atoms with Crippen molar-refractivity contribution in [2.45, 2.75) is 24.6 Å². The van der Waals surface area contributed by atoms with Crippen molar-refractivity contribution < 1.29 is 19.0 Å². The van der Waals surface area contributed by atoms with E-state index in [0.717, 1.165) is 10.5 Å². The SMILES string of the molecule is O=C(O)N1CCC2(Cc3cc(Cl)ccc3O2)C(F)C1. The van der Waals surface area contributed by atoms with Gasteiger partial charge in [-0.3, -0.25) is 0 Å². The smallest absolute Gasteiger partial charge is 0.407 e. The van der Waals surface area contributed by atoms with Crippen molar-refractivity contribution in [2.24, 2.45) is 0 Å². The summed E-state index contributed by atoms with van der Waals surface area (Å²) in [7, 11) is 0. The van der Waals surface area contributed by atoms with E-state index in [4.69, 9.17) is 21.4 Å². The summed E-state index contributed by atoms with van der Waals surface area (Å²) < 4.78 is 20.1. The lowest BCUT2D eigenvalue weighted by molar-refractivity contribution is -0.0455. The van der Waals surface area contributed by atoms with Crippen LogP contribution >= 0.6 is 11.6 Å². The van der Waals surface area contributed by atoms with Crippen LogP contribution in [0.1, 0.15) is 12.0 Å². The summed E-state index contributed by atoms with van der Waals surface area (Å²) in [5.74, 6) is 0.649. The summed E-state index contributed by atoms with van der Waals surface area (Å²) in [6.45, 7) is 0.147. The molecule has 2 aliphatic rings. The van der Waals surface area contributed by atoms with Gasteiger partial charge in [-0.2, -0.15) is 0 Å². The van der Waals surface area contributed by atoms with Gasteiger partial charge in [-0.1, -0.05) is 11.6 Å². The second-order valence-electron chi connectivity index (χ2n) is 5.04. The van der Waals surface area contributed by atoms with Crippen molar-refractivity contribution in [2.75, 3.05) is 13.1 Å². The molecular formula is C13H13ClFNO3. The lowest BCUT2D eigenvalue weighted by Gasteiger charge is -2.40. The van der Waals surface area contributed by atoms with Crippen molar-refractivity contribution in [3.05, 3.63) is 28.8 Å². The number of benzene rings is 1. The molecule has 1 aromatic rings. The number of fused-ring (bicyclic) bond motifs is 1. The fourth-order valence-corrected chi connectivity index (χ4v) is 2.98. The fraction of sp³-hybridized carbons (Fsp3) is 0.462. The molecule has 3 rings (SSSR count). The Labute approximate surface area is 114 Å². The molecule has 0 aliphatic carbocycles. The van der Waals surface area contributed by atoms with Crippen molar-refractivity contribution in [3.63, 3.8) is 0 Å². The largest absolute Gasteiger partial charge is 0.483 e. The second-order valence-corrected chi connectivity index (χ2v) is 5.48. The van der Waals surface area contributed by atoms with Gasteiger partial charge < -0.3 is 14.7 Å². The number of rotatable bonds is 0. The lowest BCUT2D eigenvalue weighted by atomic mass is 9.85. The number of halogens is 2. The van der Waals surface area contributed by atoms with Crippen LogP contribution in [0.2, 0.25) is 5.02 Å². The summed E-state index contributed by atoms with van der Waals surface area (Å²) in [6.07, 6.45) is -1.62. The summed E-state index contributed by atoms with van der Waals surface area (Å²) in [4.78, 5) is 12.0. The van der Waals surface area contributed by atoms with E-state index in [0.29, 0.717) is 23.6 Å². The first-order valence-corrected chi connectivity index (χ1v) is 6.47. The number of carboxylic acid groups (broad SMARTS) is 1. The standard InChI is InChI=1S/C13H13ClFNO3/c14-9-1-2-10-8(5-9)6-13(19-10)3-4-16(12(17)18)7-11(13)15/h1-2,5,11H,3-4,6-7H2,(H,17,18). The molecule has 0 bridgehead atoms. The van der Waals surface area contributed by atoms with Crippen LogP contribution in [0.5, 0.6) is 5.75 Å². The zero-order chi connectivity index (χ0) is 13.6. The van der Waals surface area contributed by atoms with Gasteiger partial charge in [-0.05, 0) is 23.8 Å². The number of amides is 1. The highest BCUT2D eigenvalue weighted by Gasteiger charge is 2.50. The molecule has 19 heavy (non-hydrogen) atoms. The molecule has 1 aromatic carbocycles. The first-order valence-electron chi connectivity index (χ1n) is 6.09. The van der Waals surface area contributed by atoms with Crippen molar-refractivity contribution >= 4 is 17.7 Å². The number of nitrogens with zero attached hydrogens (tertiary/aromatic N) is 1. The molecule has 4 nitrogen and oxygen atoms in total. The molecule has 6 heteroatoms. The van der Waals surface area contributed by atoms with E-state index in [9.17, 15) is 9.18 Å². The van der Waals surface area contributed by atoms with E-state index < -0.39 is 17.9 Å². The normalized spacial score (nSPS) is 29.2. The second kappa shape index (κ2) is 4.27.